The lowest BCUT2D eigenvalue weighted by molar-refractivity contribution is 0.0401. The van der Waals surface area contributed by atoms with Crippen molar-refractivity contribution < 1.29 is 14.2 Å². The summed E-state index contributed by atoms with van der Waals surface area (Å²) < 4.78 is 16.3. The van der Waals surface area contributed by atoms with Crippen molar-refractivity contribution in [3.63, 3.8) is 0 Å². The third-order valence-electron chi connectivity index (χ3n) is 3.46. The van der Waals surface area contributed by atoms with Gasteiger partial charge in [-0.05, 0) is 37.5 Å². The predicted octanol–water partition coefficient (Wildman–Crippen LogP) is 2.27. The number of methoxy groups -OCH3 is 2. The largest absolute Gasteiger partial charge is 0.493 e. The molecule has 0 amide bonds. The van der Waals surface area contributed by atoms with Crippen LogP contribution in [0.4, 0.5) is 0 Å². The summed E-state index contributed by atoms with van der Waals surface area (Å²) in [6.45, 7) is 2.08. The quantitative estimate of drug-likeness (QED) is 0.892. The normalized spacial score (nSPS) is 24.9. The summed E-state index contributed by atoms with van der Waals surface area (Å²) in [5, 5.41) is 0. The maximum absolute atomic E-state index is 6.26. The van der Waals surface area contributed by atoms with Crippen LogP contribution in [-0.4, -0.2) is 26.4 Å². The fourth-order valence-corrected chi connectivity index (χ4v) is 2.37. The van der Waals surface area contributed by atoms with Gasteiger partial charge in [-0.15, -0.1) is 0 Å². The Kier molecular flexibility index (Phi) is 4.09. The van der Waals surface area contributed by atoms with E-state index in [1.165, 1.54) is 0 Å². The molecule has 4 heteroatoms. The van der Waals surface area contributed by atoms with Crippen LogP contribution in [0.15, 0.2) is 18.2 Å². The van der Waals surface area contributed by atoms with E-state index in [4.69, 9.17) is 19.9 Å². The molecule has 2 N–H and O–H groups in total. The summed E-state index contributed by atoms with van der Waals surface area (Å²) in [6.07, 6.45) is 2.49. The Hall–Kier alpha value is -1.26. The van der Waals surface area contributed by atoms with Crippen molar-refractivity contribution >= 4 is 0 Å². The zero-order chi connectivity index (χ0) is 13.1. The van der Waals surface area contributed by atoms with E-state index in [1.54, 1.807) is 14.2 Å². The minimum Gasteiger partial charge on any atom is -0.493 e. The number of benzene rings is 1. The van der Waals surface area contributed by atoms with E-state index in [2.05, 4.69) is 6.92 Å². The van der Waals surface area contributed by atoms with Gasteiger partial charge in [0.15, 0.2) is 11.5 Å². The average molecular weight is 251 g/mol. The van der Waals surface area contributed by atoms with Gasteiger partial charge in [0.25, 0.3) is 0 Å². The van der Waals surface area contributed by atoms with E-state index < -0.39 is 0 Å². The van der Waals surface area contributed by atoms with E-state index in [1.807, 2.05) is 18.2 Å². The molecule has 0 saturated carbocycles. The van der Waals surface area contributed by atoms with Gasteiger partial charge in [0, 0.05) is 0 Å². The van der Waals surface area contributed by atoms with Gasteiger partial charge in [0.1, 0.15) is 0 Å². The molecule has 1 aromatic carbocycles. The zero-order valence-corrected chi connectivity index (χ0v) is 11.2. The number of rotatable bonds is 4. The topological polar surface area (TPSA) is 53.7 Å². The van der Waals surface area contributed by atoms with Gasteiger partial charge in [0.05, 0.1) is 32.5 Å². The van der Waals surface area contributed by atoms with Crippen molar-refractivity contribution in [1.82, 2.24) is 0 Å². The second kappa shape index (κ2) is 5.59. The highest BCUT2D eigenvalue weighted by molar-refractivity contribution is 5.44. The van der Waals surface area contributed by atoms with Crippen LogP contribution >= 0.6 is 0 Å². The molecule has 4 nitrogen and oxygen atoms in total. The average Bonchev–Trinajstić information content (AvgIpc) is 2.83. The van der Waals surface area contributed by atoms with E-state index in [-0.39, 0.29) is 12.1 Å². The number of ether oxygens (including phenoxy) is 3. The second-order valence-electron chi connectivity index (χ2n) is 4.70. The molecule has 1 fully saturated rings. The molecular formula is C14H21NO3. The van der Waals surface area contributed by atoms with Gasteiger partial charge in [-0.3, -0.25) is 0 Å². The lowest BCUT2D eigenvalue weighted by Gasteiger charge is -2.21. The summed E-state index contributed by atoms with van der Waals surface area (Å²) in [7, 11) is 3.25. The number of hydrogen-bond donors (Lipinski definition) is 1. The highest BCUT2D eigenvalue weighted by atomic mass is 16.5. The lowest BCUT2D eigenvalue weighted by atomic mass is 9.99. The van der Waals surface area contributed by atoms with Crippen LogP contribution < -0.4 is 15.2 Å². The number of hydrogen-bond acceptors (Lipinski definition) is 4. The summed E-state index contributed by atoms with van der Waals surface area (Å²) in [5.41, 5.74) is 7.28. The molecule has 3 unspecified atom stereocenters. The van der Waals surface area contributed by atoms with Crippen LogP contribution in [0.25, 0.3) is 0 Å². The molecule has 0 radical (unpaired) electrons. The third-order valence-corrected chi connectivity index (χ3v) is 3.46. The second-order valence-corrected chi connectivity index (χ2v) is 4.70. The first kappa shape index (κ1) is 13.2. The molecule has 1 heterocycles. The van der Waals surface area contributed by atoms with E-state index >= 15 is 0 Å². The Labute approximate surface area is 108 Å². The van der Waals surface area contributed by atoms with Crippen molar-refractivity contribution in [1.29, 1.82) is 0 Å². The summed E-state index contributed by atoms with van der Waals surface area (Å²) in [4.78, 5) is 0. The smallest absolute Gasteiger partial charge is 0.161 e. The Balaban J connectivity index is 2.17. The Morgan fingerprint density at radius 2 is 1.94 bits per heavy atom. The van der Waals surface area contributed by atoms with Crippen LogP contribution in [0.5, 0.6) is 11.5 Å². The monoisotopic (exact) mass is 251 g/mol. The first-order valence-corrected chi connectivity index (χ1v) is 6.28. The molecule has 1 aliphatic rings. The summed E-state index contributed by atoms with van der Waals surface area (Å²) in [6, 6.07) is 5.66. The van der Waals surface area contributed by atoms with Gasteiger partial charge < -0.3 is 19.9 Å². The molecule has 0 spiro atoms. The molecule has 1 saturated heterocycles. The van der Waals surface area contributed by atoms with E-state index in [0.717, 1.165) is 18.4 Å². The van der Waals surface area contributed by atoms with Crippen molar-refractivity contribution in [2.45, 2.75) is 38.0 Å². The van der Waals surface area contributed by atoms with Crippen LogP contribution in [-0.2, 0) is 4.74 Å². The van der Waals surface area contributed by atoms with Gasteiger partial charge in [-0.2, -0.15) is 0 Å². The van der Waals surface area contributed by atoms with Crippen LogP contribution in [0.3, 0.4) is 0 Å². The molecule has 0 aliphatic carbocycles. The zero-order valence-electron chi connectivity index (χ0n) is 11.2. The highest BCUT2D eigenvalue weighted by Gasteiger charge is 2.28. The first-order chi connectivity index (χ1) is 8.65. The molecule has 0 aromatic heterocycles. The Morgan fingerprint density at radius 3 is 2.50 bits per heavy atom. The standard InChI is InChI=1S/C14H21NO3/c1-9-4-6-12(18-9)14(15)10-5-7-11(16-2)13(8-10)17-3/h5,7-9,12,14H,4,6,15H2,1-3H3. The lowest BCUT2D eigenvalue weighted by Crippen LogP contribution is -2.26. The molecule has 2 rings (SSSR count). The van der Waals surface area contributed by atoms with E-state index in [9.17, 15) is 0 Å². The van der Waals surface area contributed by atoms with Crippen molar-refractivity contribution in [3.05, 3.63) is 23.8 Å². The fourth-order valence-electron chi connectivity index (χ4n) is 2.37. The SMILES string of the molecule is COc1ccc(C(N)C2CCC(C)O2)cc1OC. The van der Waals surface area contributed by atoms with Gasteiger partial charge >= 0.3 is 0 Å². The van der Waals surface area contributed by atoms with Crippen molar-refractivity contribution in [2.75, 3.05) is 14.2 Å². The predicted molar refractivity (Wildman–Crippen MR) is 70.0 cm³/mol. The first-order valence-electron chi connectivity index (χ1n) is 6.28. The minimum absolute atomic E-state index is 0.0955. The van der Waals surface area contributed by atoms with Crippen LogP contribution in [0, 0.1) is 0 Å². The van der Waals surface area contributed by atoms with Gasteiger partial charge in [-0.1, -0.05) is 6.07 Å². The summed E-state index contributed by atoms with van der Waals surface area (Å²) in [5.74, 6) is 1.42. The molecule has 0 bridgehead atoms. The highest BCUT2D eigenvalue weighted by Crippen LogP contribution is 2.33. The minimum atomic E-state index is -0.116. The Bertz CT molecular complexity index is 408. The number of nitrogens with two attached hydrogens (primary N) is 1. The molecule has 1 aliphatic heterocycles. The fraction of sp³-hybridized carbons (Fsp3) is 0.571. The van der Waals surface area contributed by atoms with Crippen LogP contribution in [0.1, 0.15) is 31.4 Å². The third kappa shape index (κ3) is 2.60. The summed E-state index contributed by atoms with van der Waals surface area (Å²) >= 11 is 0. The van der Waals surface area contributed by atoms with Crippen molar-refractivity contribution in [2.24, 2.45) is 5.73 Å². The molecule has 1 aromatic rings. The maximum Gasteiger partial charge on any atom is 0.161 e. The molecule has 18 heavy (non-hydrogen) atoms. The molecule has 100 valence electrons. The van der Waals surface area contributed by atoms with Gasteiger partial charge in [0.2, 0.25) is 0 Å². The van der Waals surface area contributed by atoms with Crippen molar-refractivity contribution in [3.8, 4) is 11.5 Å². The molecule has 3 atom stereocenters. The Morgan fingerprint density at radius 1 is 1.22 bits per heavy atom. The molecular weight excluding hydrogens is 230 g/mol. The van der Waals surface area contributed by atoms with Crippen LogP contribution in [0.2, 0.25) is 0 Å². The van der Waals surface area contributed by atoms with Gasteiger partial charge in [-0.25, -0.2) is 0 Å². The maximum atomic E-state index is 6.26. The van der Waals surface area contributed by atoms with E-state index in [0.29, 0.717) is 17.6 Å².